The second-order valence-corrected chi connectivity index (χ2v) is 6.37. The predicted molar refractivity (Wildman–Crippen MR) is 99.1 cm³/mol. The van der Waals surface area contributed by atoms with E-state index in [0.29, 0.717) is 6.42 Å². The molecule has 0 saturated carbocycles. The van der Waals surface area contributed by atoms with Gasteiger partial charge in [-0.25, -0.2) is 4.98 Å². The molecule has 0 fully saturated rings. The normalized spacial score (nSPS) is 10.5. The number of nitrogens with zero attached hydrogens (tertiary/aromatic N) is 1. The standard InChI is InChI=1S/C18H25N3OS/c1-3-5-6-7-11-17(22)20-15-10-8-9-14(12-15)16-13-23-18(21-16)19-4-2/h8-10,12-13H,3-7,11H2,1-2H3,(H,19,21)(H,20,22). The first kappa shape index (κ1) is 17.5. The zero-order valence-corrected chi connectivity index (χ0v) is 14.7. The van der Waals surface area contributed by atoms with Crippen molar-refractivity contribution in [3.63, 3.8) is 0 Å². The third-order valence-corrected chi connectivity index (χ3v) is 4.33. The number of amides is 1. The highest BCUT2D eigenvalue weighted by molar-refractivity contribution is 7.14. The van der Waals surface area contributed by atoms with Crippen molar-refractivity contribution < 1.29 is 4.79 Å². The number of carbonyl (C=O) groups is 1. The molecule has 2 rings (SSSR count). The third-order valence-electron chi connectivity index (χ3n) is 3.53. The SMILES string of the molecule is CCCCCCC(=O)Nc1cccc(-c2csc(NCC)n2)c1. The van der Waals surface area contributed by atoms with E-state index < -0.39 is 0 Å². The second kappa shape index (κ2) is 9.30. The van der Waals surface area contributed by atoms with Crippen molar-refractivity contribution >= 4 is 28.1 Å². The molecule has 1 aromatic heterocycles. The maximum absolute atomic E-state index is 12.0. The number of hydrogen-bond acceptors (Lipinski definition) is 4. The van der Waals surface area contributed by atoms with Crippen LogP contribution in [0.15, 0.2) is 29.6 Å². The topological polar surface area (TPSA) is 54.0 Å². The minimum absolute atomic E-state index is 0.0878. The Morgan fingerprint density at radius 2 is 2.09 bits per heavy atom. The fourth-order valence-electron chi connectivity index (χ4n) is 2.33. The molecule has 0 aliphatic heterocycles. The summed E-state index contributed by atoms with van der Waals surface area (Å²) in [6.07, 6.45) is 5.05. The van der Waals surface area contributed by atoms with E-state index in [9.17, 15) is 4.79 Å². The van der Waals surface area contributed by atoms with Gasteiger partial charge in [0.05, 0.1) is 5.69 Å². The van der Waals surface area contributed by atoms with Gasteiger partial charge in [0.25, 0.3) is 0 Å². The van der Waals surface area contributed by atoms with Gasteiger partial charge in [0.2, 0.25) is 5.91 Å². The Morgan fingerprint density at radius 1 is 1.22 bits per heavy atom. The molecule has 4 nitrogen and oxygen atoms in total. The molecule has 0 radical (unpaired) electrons. The molecule has 1 aromatic carbocycles. The minimum atomic E-state index is 0.0878. The minimum Gasteiger partial charge on any atom is -0.362 e. The molecule has 23 heavy (non-hydrogen) atoms. The summed E-state index contributed by atoms with van der Waals surface area (Å²) in [6, 6.07) is 7.87. The Bertz CT molecular complexity index is 624. The number of aromatic nitrogens is 1. The average Bonchev–Trinajstić information content (AvgIpc) is 3.01. The van der Waals surface area contributed by atoms with Crippen LogP contribution in [0.2, 0.25) is 0 Å². The van der Waals surface area contributed by atoms with Crippen molar-refractivity contribution in [1.82, 2.24) is 4.98 Å². The summed E-state index contributed by atoms with van der Waals surface area (Å²) in [7, 11) is 0. The number of hydrogen-bond donors (Lipinski definition) is 2. The lowest BCUT2D eigenvalue weighted by Crippen LogP contribution is -2.11. The van der Waals surface area contributed by atoms with E-state index in [-0.39, 0.29) is 5.91 Å². The summed E-state index contributed by atoms with van der Waals surface area (Å²) in [4.78, 5) is 16.5. The molecule has 0 aliphatic rings. The van der Waals surface area contributed by atoms with Crippen molar-refractivity contribution in [2.24, 2.45) is 0 Å². The average molecular weight is 331 g/mol. The van der Waals surface area contributed by atoms with Gasteiger partial charge in [-0.15, -0.1) is 11.3 Å². The molecule has 0 saturated heterocycles. The van der Waals surface area contributed by atoms with Crippen LogP contribution < -0.4 is 10.6 Å². The zero-order valence-electron chi connectivity index (χ0n) is 13.9. The van der Waals surface area contributed by atoms with Crippen LogP contribution in [0.4, 0.5) is 10.8 Å². The zero-order chi connectivity index (χ0) is 16.5. The van der Waals surface area contributed by atoms with Crippen molar-refractivity contribution in [3.8, 4) is 11.3 Å². The maximum atomic E-state index is 12.0. The number of nitrogens with one attached hydrogen (secondary N) is 2. The molecule has 1 heterocycles. The Balaban J connectivity index is 1.94. The van der Waals surface area contributed by atoms with Crippen molar-refractivity contribution in [2.45, 2.75) is 46.0 Å². The van der Waals surface area contributed by atoms with Crippen molar-refractivity contribution in [2.75, 3.05) is 17.2 Å². The lowest BCUT2D eigenvalue weighted by molar-refractivity contribution is -0.116. The van der Waals surface area contributed by atoms with Gasteiger partial charge in [0.1, 0.15) is 0 Å². The molecular formula is C18H25N3OS. The maximum Gasteiger partial charge on any atom is 0.224 e. The largest absolute Gasteiger partial charge is 0.362 e. The molecule has 0 aliphatic carbocycles. The molecule has 5 heteroatoms. The number of thiazole rings is 1. The monoisotopic (exact) mass is 331 g/mol. The van der Waals surface area contributed by atoms with Crippen LogP contribution in [0.25, 0.3) is 11.3 Å². The number of rotatable bonds is 9. The van der Waals surface area contributed by atoms with Crippen LogP contribution in [0.5, 0.6) is 0 Å². The smallest absolute Gasteiger partial charge is 0.224 e. The lowest BCUT2D eigenvalue weighted by atomic mass is 10.1. The molecule has 0 spiro atoms. The first-order valence-corrected chi connectivity index (χ1v) is 9.20. The molecule has 124 valence electrons. The van der Waals surface area contributed by atoms with Gasteiger partial charge in [-0.1, -0.05) is 38.3 Å². The van der Waals surface area contributed by atoms with Crippen LogP contribution >= 0.6 is 11.3 Å². The van der Waals surface area contributed by atoms with E-state index in [1.54, 1.807) is 11.3 Å². The van der Waals surface area contributed by atoms with Crippen LogP contribution in [0.3, 0.4) is 0 Å². The van der Waals surface area contributed by atoms with E-state index in [1.165, 1.54) is 12.8 Å². The Hall–Kier alpha value is -1.88. The number of benzene rings is 1. The first-order valence-electron chi connectivity index (χ1n) is 8.32. The van der Waals surface area contributed by atoms with Gasteiger partial charge in [0.15, 0.2) is 5.13 Å². The van der Waals surface area contributed by atoms with Gasteiger partial charge in [-0.05, 0) is 25.5 Å². The van der Waals surface area contributed by atoms with Crippen LogP contribution in [0, 0.1) is 0 Å². The van der Waals surface area contributed by atoms with E-state index in [0.717, 1.165) is 41.5 Å². The molecule has 1 amide bonds. The summed E-state index contributed by atoms with van der Waals surface area (Å²) in [5.74, 6) is 0.0878. The predicted octanol–water partition coefficient (Wildman–Crippen LogP) is 5.15. The molecule has 0 unspecified atom stereocenters. The molecular weight excluding hydrogens is 306 g/mol. The van der Waals surface area contributed by atoms with Crippen molar-refractivity contribution in [3.05, 3.63) is 29.6 Å². The quantitative estimate of drug-likeness (QED) is 0.625. The number of carbonyl (C=O) groups excluding carboxylic acids is 1. The molecule has 2 N–H and O–H groups in total. The Morgan fingerprint density at radius 3 is 2.87 bits per heavy atom. The van der Waals surface area contributed by atoms with Gasteiger partial charge in [0, 0.05) is 29.6 Å². The van der Waals surface area contributed by atoms with Gasteiger partial charge in [-0.3, -0.25) is 4.79 Å². The summed E-state index contributed by atoms with van der Waals surface area (Å²) < 4.78 is 0. The fraction of sp³-hybridized carbons (Fsp3) is 0.444. The summed E-state index contributed by atoms with van der Waals surface area (Å²) in [5, 5.41) is 9.15. The van der Waals surface area contributed by atoms with Crippen LogP contribution in [0.1, 0.15) is 46.0 Å². The van der Waals surface area contributed by atoms with Crippen LogP contribution in [-0.4, -0.2) is 17.4 Å². The van der Waals surface area contributed by atoms with E-state index in [4.69, 9.17) is 0 Å². The van der Waals surface area contributed by atoms with E-state index in [2.05, 4.69) is 29.5 Å². The van der Waals surface area contributed by atoms with Crippen molar-refractivity contribution in [1.29, 1.82) is 0 Å². The highest BCUT2D eigenvalue weighted by Crippen LogP contribution is 2.26. The first-order chi connectivity index (χ1) is 11.2. The number of anilines is 2. The molecule has 2 aromatic rings. The summed E-state index contributed by atoms with van der Waals surface area (Å²) in [5.41, 5.74) is 2.79. The summed E-state index contributed by atoms with van der Waals surface area (Å²) in [6.45, 7) is 5.09. The van der Waals surface area contributed by atoms with E-state index in [1.807, 2.05) is 29.6 Å². The van der Waals surface area contributed by atoms with Crippen LogP contribution in [-0.2, 0) is 4.79 Å². The Labute approximate surface area is 142 Å². The number of unbranched alkanes of at least 4 members (excludes halogenated alkanes) is 3. The lowest BCUT2D eigenvalue weighted by Gasteiger charge is -2.06. The second-order valence-electron chi connectivity index (χ2n) is 5.51. The molecule has 0 bridgehead atoms. The van der Waals surface area contributed by atoms with Gasteiger partial charge >= 0.3 is 0 Å². The highest BCUT2D eigenvalue weighted by Gasteiger charge is 2.07. The summed E-state index contributed by atoms with van der Waals surface area (Å²) >= 11 is 1.59. The molecule has 0 atom stereocenters. The third kappa shape index (κ3) is 5.67. The fourth-order valence-corrected chi connectivity index (χ4v) is 3.12. The van der Waals surface area contributed by atoms with E-state index >= 15 is 0 Å². The Kier molecular flexibility index (Phi) is 7.07. The van der Waals surface area contributed by atoms with Gasteiger partial charge < -0.3 is 10.6 Å². The highest BCUT2D eigenvalue weighted by atomic mass is 32.1. The van der Waals surface area contributed by atoms with Gasteiger partial charge in [-0.2, -0.15) is 0 Å².